The topological polar surface area (TPSA) is 62.6 Å². The van der Waals surface area contributed by atoms with Crippen LogP contribution in [0.1, 0.15) is 40.2 Å². The van der Waals surface area contributed by atoms with Gasteiger partial charge in [0.15, 0.2) is 17.6 Å². The molecule has 22 heavy (non-hydrogen) atoms. The molecule has 0 N–H and O–H groups in total. The van der Waals surface area contributed by atoms with Gasteiger partial charge in [-0.15, -0.1) is 0 Å². The van der Waals surface area contributed by atoms with Crippen molar-refractivity contribution in [1.82, 2.24) is 4.90 Å². The summed E-state index contributed by atoms with van der Waals surface area (Å²) in [6.07, 6.45) is -0.633. The highest BCUT2D eigenvalue weighted by atomic mass is 16.5. The van der Waals surface area contributed by atoms with E-state index >= 15 is 0 Å². The van der Waals surface area contributed by atoms with Gasteiger partial charge in [-0.25, -0.2) is 0 Å². The molecule has 1 amide bonds. The Labute approximate surface area is 132 Å². The summed E-state index contributed by atoms with van der Waals surface area (Å²) in [5.74, 6) is 0.825. The van der Waals surface area contributed by atoms with Crippen LogP contribution >= 0.6 is 0 Å². The Balaban J connectivity index is 2.95. The zero-order chi connectivity index (χ0) is 16.9. The second kappa shape index (κ2) is 7.69. The summed E-state index contributed by atoms with van der Waals surface area (Å²) in [6.45, 7) is 9.64. The number of amides is 1. The zero-order valence-electron chi connectivity index (χ0n) is 14.1. The highest BCUT2D eigenvalue weighted by Crippen LogP contribution is 2.29. The van der Waals surface area contributed by atoms with E-state index in [4.69, 9.17) is 14.7 Å². The summed E-state index contributed by atoms with van der Waals surface area (Å²) >= 11 is 0. The van der Waals surface area contributed by atoms with Gasteiger partial charge in [0.2, 0.25) is 0 Å². The SMILES string of the molecule is COc1cc(C#N)ccc1OC(C)C(=O)N(C(C)C)C(C)C. The van der Waals surface area contributed by atoms with Gasteiger partial charge in [0, 0.05) is 18.2 Å². The highest BCUT2D eigenvalue weighted by Gasteiger charge is 2.27. The summed E-state index contributed by atoms with van der Waals surface area (Å²) < 4.78 is 11.0. The van der Waals surface area contributed by atoms with E-state index in [1.54, 1.807) is 30.0 Å². The van der Waals surface area contributed by atoms with E-state index in [0.717, 1.165) is 0 Å². The fraction of sp³-hybridized carbons (Fsp3) is 0.529. The third kappa shape index (κ3) is 4.14. The van der Waals surface area contributed by atoms with Crippen LogP contribution in [0.2, 0.25) is 0 Å². The molecule has 0 aromatic heterocycles. The van der Waals surface area contributed by atoms with Crippen molar-refractivity contribution in [2.75, 3.05) is 7.11 Å². The van der Waals surface area contributed by atoms with Crippen LogP contribution in [0, 0.1) is 11.3 Å². The minimum atomic E-state index is -0.633. The van der Waals surface area contributed by atoms with Crippen molar-refractivity contribution >= 4 is 5.91 Å². The summed E-state index contributed by atoms with van der Waals surface area (Å²) in [5, 5.41) is 8.91. The Kier molecular flexibility index (Phi) is 6.24. The minimum absolute atomic E-state index is 0.0728. The summed E-state index contributed by atoms with van der Waals surface area (Å²) in [7, 11) is 1.50. The fourth-order valence-corrected chi connectivity index (χ4v) is 2.39. The van der Waals surface area contributed by atoms with Gasteiger partial charge < -0.3 is 14.4 Å². The molecule has 1 unspecified atom stereocenters. The van der Waals surface area contributed by atoms with E-state index in [9.17, 15) is 4.79 Å². The second-order valence-electron chi connectivity index (χ2n) is 5.67. The lowest BCUT2D eigenvalue weighted by molar-refractivity contribution is -0.141. The lowest BCUT2D eigenvalue weighted by atomic mass is 10.2. The van der Waals surface area contributed by atoms with Gasteiger partial charge >= 0.3 is 0 Å². The van der Waals surface area contributed by atoms with E-state index in [1.807, 2.05) is 33.8 Å². The van der Waals surface area contributed by atoms with Gasteiger partial charge in [-0.05, 0) is 46.8 Å². The van der Waals surface area contributed by atoms with Gasteiger partial charge in [-0.1, -0.05) is 0 Å². The molecule has 1 aromatic carbocycles. The van der Waals surface area contributed by atoms with Crippen molar-refractivity contribution in [1.29, 1.82) is 5.26 Å². The Hall–Kier alpha value is -2.22. The normalized spacial score (nSPS) is 12.0. The van der Waals surface area contributed by atoms with Crippen LogP contribution in [0.5, 0.6) is 11.5 Å². The summed E-state index contributed by atoms with van der Waals surface area (Å²) in [5.41, 5.74) is 0.481. The van der Waals surface area contributed by atoms with Gasteiger partial charge in [-0.2, -0.15) is 5.26 Å². The van der Waals surface area contributed by atoms with Crippen LogP contribution in [0.3, 0.4) is 0 Å². The lowest BCUT2D eigenvalue weighted by Crippen LogP contribution is -2.48. The second-order valence-corrected chi connectivity index (χ2v) is 5.67. The largest absolute Gasteiger partial charge is 0.493 e. The average Bonchev–Trinajstić information content (AvgIpc) is 2.46. The smallest absolute Gasteiger partial charge is 0.263 e. The number of carbonyl (C=O) groups is 1. The van der Waals surface area contributed by atoms with E-state index in [0.29, 0.717) is 17.1 Å². The van der Waals surface area contributed by atoms with Crippen LogP contribution < -0.4 is 9.47 Å². The average molecular weight is 304 g/mol. The van der Waals surface area contributed by atoms with Crippen LogP contribution in [0.15, 0.2) is 18.2 Å². The molecule has 0 aliphatic heterocycles. The summed E-state index contributed by atoms with van der Waals surface area (Å²) in [6, 6.07) is 7.12. The molecule has 0 bridgehead atoms. The Morgan fingerprint density at radius 1 is 1.14 bits per heavy atom. The fourth-order valence-electron chi connectivity index (χ4n) is 2.39. The maximum atomic E-state index is 12.6. The predicted octanol–water partition coefficient (Wildman–Crippen LogP) is 2.98. The van der Waals surface area contributed by atoms with Gasteiger partial charge in [0.05, 0.1) is 18.7 Å². The quantitative estimate of drug-likeness (QED) is 0.810. The Morgan fingerprint density at radius 3 is 2.18 bits per heavy atom. The maximum Gasteiger partial charge on any atom is 0.263 e. The van der Waals surface area contributed by atoms with E-state index < -0.39 is 6.10 Å². The van der Waals surface area contributed by atoms with Crippen LogP contribution in [0.25, 0.3) is 0 Å². The number of methoxy groups -OCH3 is 1. The molecule has 1 rings (SSSR count). The number of hydrogen-bond acceptors (Lipinski definition) is 4. The number of benzene rings is 1. The standard InChI is InChI=1S/C17H24N2O3/c1-11(2)19(12(3)4)17(20)13(5)22-15-8-7-14(10-18)9-16(15)21-6/h7-9,11-13H,1-6H3. The first kappa shape index (κ1) is 17.8. The summed E-state index contributed by atoms with van der Waals surface area (Å²) in [4.78, 5) is 14.4. The van der Waals surface area contributed by atoms with Crippen molar-refractivity contribution in [3.8, 4) is 17.6 Å². The first-order valence-electron chi connectivity index (χ1n) is 7.38. The third-order valence-corrected chi connectivity index (χ3v) is 3.31. The third-order valence-electron chi connectivity index (χ3n) is 3.31. The molecular formula is C17H24N2O3. The monoisotopic (exact) mass is 304 g/mol. The highest BCUT2D eigenvalue weighted by molar-refractivity contribution is 5.81. The van der Waals surface area contributed by atoms with Crippen molar-refractivity contribution in [2.45, 2.75) is 52.8 Å². The molecule has 5 nitrogen and oxygen atoms in total. The number of rotatable bonds is 6. The van der Waals surface area contributed by atoms with Crippen LogP contribution in [-0.2, 0) is 4.79 Å². The molecule has 0 saturated heterocycles. The number of hydrogen-bond donors (Lipinski definition) is 0. The molecule has 5 heteroatoms. The molecule has 120 valence electrons. The zero-order valence-corrected chi connectivity index (χ0v) is 14.1. The molecule has 0 saturated carbocycles. The first-order chi connectivity index (χ1) is 10.3. The molecule has 0 spiro atoms. The van der Waals surface area contributed by atoms with E-state index in [1.165, 1.54) is 7.11 Å². The number of nitriles is 1. The minimum Gasteiger partial charge on any atom is -0.493 e. The molecule has 0 fully saturated rings. The van der Waals surface area contributed by atoms with Crippen LogP contribution in [0.4, 0.5) is 0 Å². The molecular weight excluding hydrogens is 280 g/mol. The van der Waals surface area contributed by atoms with Crippen molar-refractivity contribution in [3.63, 3.8) is 0 Å². The molecule has 0 aliphatic carbocycles. The number of ether oxygens (including phenoxy) is 2. The maximum absolute atomic E-state index is 12.6. The van der Waals surface area contributed by atoms with Gasteiger partial charge in [-0.3, -0.25) is 4.79 Å². The van der Waals surface area contributed by atoms with E-state index in [2.05, 4.69) is 0 Å². The lowest BCUT2D eigenvalue weighted by Gasteiger charge is -2.33. The number of nitrogens with zero attached hydrogens (tertiary/aromatic N) is 2. The molecule has 0 radical (unpaired) electrons. The number of carbonyl (C=O) groups excluding carboxylic acids is 1. The molecule has 1 atom stereocenters. The molecule has 0 aliphatic rings. The Morgan fingerprint density at radius 2 is 1.73 bits per heavy atom. The van der Waals surface area contributed by atoms with E-state index in [-0.39, 0.29) is 18.0 Å². The van der Waals surface area contributed by atoms with Crippen molar-refractivity contribution < 1.29 is 14.3 Å². The van der Waals surface area contributed by atoms with Gasteiger partial charge in [0.1, 0.15) is 0 Å². The first-order valence-corrected chi connectivity index (χ1v) is 7.38. The van der Waals surface area contributed by atoms with Crippen molar-refractivity contribution in [3.05, 3.63) is 23.8 Å². The van der Waals surface area contributed by atoms with Gasteiger partial charge in [0.25, 0.3) is 5.91 Å². The Bertz CT molecular complexity index is 554. The molecule has 1 aromatic rings. The van der Waals surface area contributed by atoms with Crippen molar-refractivity contribution in [2.24, 2.45) is 0 Å². The predicted molar refractivity (Wildman–Crippen MR) is 84.9 cm³/mol. The van der Waals surface area contributed by atoms with Crippen LogP contribution in [-0.4, -0.2) is 36.1 Å². The molecule has 0 heterocycles.